The van der Waals surface area contributed by atoms with Crippen molar-refractivity contribution in [1.29, 1.82) is 0 Å². The van der Waals surface area contributed by atoms with Crippen LogP contribution in [0.4, 0.5) is 4.79 Å². The van der Waals surface area contributed by atoms with Crippen LogP contribution in [-0.4, -0.2) is 86.7 Å². The van der Waals surface area contributed by atoms with E-state index in [4.69, 9.17) is 4.74 Å². The summed E-state index contributed by atoms with van der Waals surface area (Å²) in [6.45, 7) is 0.512. The highest BCUT2D eigenvalue weighted by Gasteiger charge is 2.37. The Kier molecular flexibility index (Phi) is 7.41. The summed E-state index contributed by atoms with van der Waals surface area (Å²) in [5.41, 5.74) is 0.774. The minimum absolute atomic E-state index is 0.0519. The standard InChI is InChI=1S/C22H28N4O5S/c27-19(13-26-21(29)15-32-22(26)30)24-10-18(31-14-16-6-4-5-9-23-16)11-25(20(28)12-24)17-7-2-1-3-8-17/h4-6,9,17-18H,1-3,7-8,10-15H2. The maximum absolute atomic E-state index is 13.1. The largest absolute Gasteiger partial charge is 0.368 e. The zero-order chi connectivity index (χ0) is 22.5. The second kappa shape index (κ2) is 10.4. The van der Waals surface area contributed by atoms with Crippen molar-refractivity contribution >= 4 is 34.7 Å². The molecule has 9 nitrogen and oxygen atoms in total. The Morgan fingerprint density at radius 2 is 1.91 bits per heavy atom. The first-order chi connectivity index (χ1) is 15.5. The maximum atomic E-state index is 13.1. The predicted octanol–water partition coefficient (Wildman–Crippen LogP) is 1.67. The van der Waals surface area contributed by atoms with E-state index in [-0.39, 0.29) is 56.0 Å². The number of hydrogen-bond acceptors (Lipinski definition) is 7. The first-order valence-electron chi connectivity index (χ1n) is 11.1. The Bertz CT molecular complexity index is 845. The van der Waals surface area contributed by atoms with Gasteiger partial charge < -0.3 is 14.5 Å². The number of nitrogens with zero attached hydrogens (tertiary/aromatic N) is 4. The lowest BCUT2D eigenvalue weighted by atomic mass is 9.94. The van der Waals surface area contributed by atoms with Gasteiger partial charge in [-0.25, -0.2) is 0 Å². The summed E-state index contributed by atoms with van der Waals surface area (Å²) in [4.78, 5) is 58.5. The number of carbonyl (C=O) groups excluding carboxylic acids is 4. The van der Waals surface area contributed by atoms with Gasteiger partial charge in [-0.2, -0.15) is 0 Å². The number of rotatable bonds is 6. The van der Waals surface area contributed by atoms with Gasteiger partial charge in [-0.1, -0.05) is 37.1 Å². The molecule has 1 aliphatic carbocycles. The molecule has 4 amide bonds. The number of thioether (sulfide) groups is 1. The fraction of sp³-hybridized carbons (Fsp3) is 0.591. The third kappa shape index (κ3) is 5.47. The molecule has 3 aliphatic rings. The Morgan fingerprint density at radius 1 is 1.09 bits per heavy atom. The average Bonchev–Trinajstić information content (AvgIpc) is 3.02. The van der Waals surface area contributed by atoms with E-state index in [2.05, 4.69) is 4.98 Å². The van der Waals surface area contributed by atoms with Crippen molar-refractivity contribution in [3.05, 3.63) is 30.1 Å². The van der Waals surface area contributed by atoms with Gasteiger partial charge in [0.2, 0.25) is 17.7 Å². The van der Waals surface area contributed by atoms with Gasteiger partial charge in [0.15, 0.2) is 0 Å². The summed E-state index contributed by atoms with van der Waals surface area (Å²) in [5, 5.41) is -0.420. The molecule has 1 aromatic heterocycles. The summed E-state index contributed by atoms with van der Waals surface area (Å²) in [6.07, 6.45) is 6.59. The minimum atomic E-state index is -0.420. The van der Waals surface area contributed by atoms with Crippen molar-refractivity contribution in [3.8, 4) is 0 Å². The van der Waals surface area contributed by atoms with Crippen LogP contribution in [0.3, 0.4) is 0 Å². The van der Waals surface area contributed by atoms with Gasteiger partial charge >= 0.3 is 0 Å². The average molecular weight is 461 g/mol. The molecule has 1 unspecified atom stereocenters. The molecule has 1 aromatic rings. The van der Waals surface area contributed by atoms with E-state index in [9.17, 15) is 19.2 Å². The Hall–Kier alpha value is -2.46. The molecule has 0 aromatic carbocycles. The maximum Gasteiger partial charge on any atom is 0.289 e. The molecule has 2 aliphatic heterocycles. The van der Waals surface area contributed by atoms with Crippen LogP contribution in [-0.2, 0) is 25.7 Å². The smallest absolute Gasteiger partial charge is 0.289 e. The number of aromatic nitrogens is 1. The van der Waals surface area contributed by atoms with Crippen molar-refractivity contribution in [2.24, 2.45) is 0 Å². The molecule has 4 rings (SSSR count). The molecular weight excluding hydrogens is 432 g/mol. The monoisotopic (exact) mass is 460 g/mol. The first-order valence-corrected chi connectivity index (χ1v) is 12.1. The van der Waals surface area contributed by atoms with Gasteiger partial charge in [0.05, 0.1) is 30.7 Å². The number of ether oxygens (including phenoxy) is 1. The minimum Gasteiger partial charge on any atom is -0.368 e. The zero-order valence-electron chi connectivity index (χ0n) is 18.0. The summed E-state index contributed by atoms with van der Waals surface area (Å²) < 4.78 is 6.11. The lowest BCUT2D eigenvalue weighted by molar-refractivity contribution is -0.141. The molecule has 1 atom stereocenters. The van der Waals surface area contributed by atoms with Gasteiger partial charge in [0, 0.05) is 25.3 Å². The third-order valence-electron chi connectivity index (χ3n) is 6.17. The molecular formula is C22H28N4O5S. The van der Waals surface area contributed by atoms with Gasteiger partial charge in [0.25, 0.3) is 5.24 Å². The molecule has 0 bridgehead atoms. The van der Waals surface area contributed by atoms with Gasteiger partial charge in [-0.15, -0.1) is 0 Å². The van der Waals surface area contributed by atoms with Crippen LogP contribution >= 0.6 is 11.8 Å². The van der Waals surface area contributed by atoms with Crippen LogP contribution < -0.4 is 0 Å². The SMILES string of the molecule is O=C(CN1C(=O)CSC1=O)N1CC(=O)N(C2CCCCC2)CC(OCc2ccccn2)C1. The number of amides is 4. The number of imide groups is 1. The summed E-state index contributed by atoms with van der Waals surface area (Å²) >= 11 is 0.892. The molecule has 1 saturated carbocycles. The summed E-state index contributed by atoms with van der Waals surface area (Å²) in [7, 11) is 0. The Labute approximate surface area is 191 Å². The van der Waals surface area contributed by atoms with E-state index < -0.39 is 11.1 Å². The topological polar surface area (TPSA) is 100 Å². The van der Waals surface area contributed by atoms with E-state index in [1.807, 2.05) is 23.1 Å². The molecule has 0 radical (unpaired) electrons. The Balaban J connectivity index is 1.47. The van der Waals surface area contributed by atoms with Gasteiger partial charge in [-0.3, -0.25) is 29.1 Å². The zero-order valence-corrected chi connectivity index (χ0v) is 18.8. The van der Waals surface area contributed by atoms with Crippen molar-refractivity contribution in [3.63, 3.8) is 0 Å². The van der Waals surface area contributed by atoms with Gasteiger partial charge in [0.1, 0.15) is 6.54 Å². The second-order valence-corrected chi connectivity index (χ2v) is 9.33. The molecule has 3 fully saturated rings. The second-order valence-electron chi connectivity index (χ2n) is 8.40. The molecule has 32 heavy (non-hydrogen) atoms. The number of carbonyl (C=O) groups is 4. The van der Waals surface area contributed by atoms with E-state index in [0.717, 1.165) is 48.0 Å². The lowest BCUT2D eigenvalue weighted by Crippen LogP contribution is -2.47. The third-order valence-corrected chi connectivity index (χ3v) is 7.02. The first kappa shape index (κ1) is 22.7. The number of hydrogen-bond donors (Lipinski definition) is 0. The highest BCUT2D eigenvalue weighted by Crippen LogP contribution is 2.25. The highest BCUT2D eigenvalue weighted by molar-refractivity contribution is 8.14. The molecule has 0 spiro atoms. The van der Waals surface area contributed by atoms with Crippen LogP contribution in [0.1, 0.15) is 37.8 Å². The van der Waals surface area contributed by atoms with E-state index in [1.54, 1.807) is 6.20 Å². The van der Waals surface area contributed by atoms with E-state index in [0.29, 0.717) is 6.54 Å². The molecule has 10 heteroatoms. The molecule has 172 valence electrons. The lowest BCUT2D eigenvalue weighted by Gasteiger charge is -2.34. The van der Waals surface area contributed by atoms with Crippen molar-refractivity contribution < 1.29 is 23.9 Å². The van der Waals surface area contributed by atoms with Crippen LogP contribution in [0.15, 0.2) is 24.4 Å². The fourth-order valence-electron chi connectivity index (χ4n) is 4.44. The van der Waals surface area contributed by atoms with Crippen LogP contribution in [0, 0.1) is 0 Å². The summed E-state index contributed by atoms with van der Waals surface area (Å²) in [6, 6.07) is 5.74. The van der Waals surface area contributed by atoms with Crippen molar-refractivity contribution in [2.45, 2.75) is 50.9 Å². The van der Waals surface area contributed by atoms with E-state index in [1.165, 1.54) is 11.3 Å². The predicted molar refractivity (Wildman–Crippen MR) is 118 cm³/mol. The molecule has 2 saturated heterocycles. The van der Waals surface area contributed by atoms with Gasteiger partial charge in [-0.05, 0) is 25.0 Å². The normalized spacial score (nSPS) is 23.1. The van der Waals surface area contributed by atoms with Crippen LogP contribution in [0.5, 0.6) is 0 Å². The highest BCUT2D eigenvalue weighted by atomic mass is 32.2. The van der Waals surface area contributed by atoms with Crippen LogP contribution in [0.25, 0.3) is 0 Å². The number of pyridine rings is 1. The van der Waals surface area contributed by atoms with Crippen molar-refractivity contribution in [1.82, 2.24) is 19.7 Å². The summed E-state index contributed by atoms with van der Waals surface area (Å²) in [5.74, 6) is -0.848. The fourth-order valence-corrected chi connectivity index (χ4v) is 5.17. The molecule has 3 heterocycles. The van der Waals surface area contributed by atoms with Crippen molar-refractivity contribution in [2.75, 3.05) is 31.9 Å². The van der Waals surface area contributed by atoms with E-state index >= 15 is 0 Å². The van der Waals surface area contributed by atoms with Crippen LogP contribution in [0.2, 0.25) is 0 Å². The Morgan fingerprint density at radius 3 is 2.59 bits per heavy atom. The molecule has 0 N–H and O–H groups in total. The quantitative estimate of drug-likeness (QED) is 0.637.